The molecule has 0 aliphatic carbocycles. The standard InChI is InChI=1S/C11H19N5O/c1-8-7-14-11(16-12)15-10(8)13-5-4-9-3-2-6-17-9/h7,9H,2-6,12H2,1H3,(H2,13,14,15,16). The van der Waals surface area contributed by atoms with E-state index < -0.39 is 0 Å². The van der Waals surface area contributed by atoms with Crippen LogP contribution in [0.4, 0.5) is 11.8 Å². The van der Waals surface area contributed by atoms with E-state index in [-0.39, 0.29) is 0 Å². The highest BCUT2D eigenvalue weighted by Crippen LogP contribution is 2.16. The van der Waals surface area contributed by atoms with Crippen molar-refractivity contribution in [3.63, 3.8) is 0 Å². The maximum absolute atomic E-state index is 5.56. The van der Waals surface area contributed by atoms with E-state index in [2.05, 4.69) is 20.7 Å². The van der Waals surface area contributed by atoms with Crippen LogP contribution in [0.25, 0.3) is 0 Å². The Bertz CT molecular complexity index is 365. The van der Waals surface area contributed by atoms with Gasteiger partial charge in [-0.05, 0) is 26.2 Å². The van der Waals surface area contributed by atoms with Gasteiger partial charge in [-0.25, -0.2) is 10.8 Å². The molecular weight excluding hydrogens is 218 g/mol. The van der Waals surface area contributed by atoms with E-state index >= 15 is 0 Å². The van der Waals surface area contributed by atoms with Gasteiger partial charge in [0.1, 0.15) is 5.82 Å². The summed E-state index contributed by atoms with van der Waals surface area (Å²) >= 11 is 0. The maximum Gasteiger partial charge on any atom is 0.239 e. The van der Waals surface area contributed by atoms with Gasteiger partial charge >= 0.3 is 0 Å². The second-order valence-electron chi connectivity index (χ2n) is 4.22. The Balaban J connectivity index is 1.84. The van der Waals surface area contributed by atoms with Crippen LogP contribution < -0.4 is 16.6 Å². The van der Waals surface area contributed by atoms with Crippen LogP contribution in [0.5, 0.6) is 0 Å². The summed E-state index contributed by atoms with van der Waals surface area (Å²) in [5.41, 5.74) is 3.45. The van der Waals surface area contributed by atoms with Crippen LogP contribution in [0.2, 0.25) is 0 Å². The van der Waals surface area contributed by atoms with Crippen LogP contribution >= 0.6 is 0 Å². The van der Waals surface area contributed by atoms with E-state index in [4.69, 9.17) is 10.6 Å². The smallest absolute Gasteiger partial charge is 0.239 e. The van der Waals surface area contributed by atoms with Gasteiger partial charge in [0.25, 0.3) is 0 Å². The van der Waals surface area contributed by atoms with Gasteiger partial charge in [0.05, 0.1) is 6.10 Å². The third-order valence-corrected chi connectivity index (χ3v) is 2.88. The van der Waals surface area contributed by atoms with Crippen molar-refractivity contribution in [3.05, 3.63) is 11.8 Å². The number of anilines is 2. The average Bonchev–Trinajstić information content (AvgIpc) is 2.84. The largest absolute Gasteiger partial charge is 0.378 e. The number of rotatable bonds is 5. The van der Waals surface area contributed by atoms with Crippen molar-refractivity contribution in [3.8, 4) is 0 Å². The quantitative estimate of drug-likeness (QED) is 0.524. The van der Waals surface area contributed by atoms with Gasteiger partial charge in [0.15, 0.2) is 0 Å². The molecule has 0 bridgehead atoms. The minimum atomic E-state index is 0.400. The molecule has 0 spiro atoms. The van der Waals surface area contributed by atoms with Crippen molar-refractivity contribution < 1.29 is 4.74 Å². The van der Waals surface area contributed by atoms with Crippen molar-refractivity contribution in [1.82, 2.24) is 9.97 Å². The van der Waals surface area contributed by atoms with Gasteiger partial charge < -0.3 is 10.1 Å². The molecule has 0 saturated carbocycles. The molecule has 4 N–H and O–H groups in total. The molecule has 2 heterocycles. The van der Waals surface area contributed by atoms with Crippen molar-refractivity contribution in [2.45, 2.75) is 32.3 Å². The zero-order chi connectivity index (χ0) is 12.1. The minimum absolute atomic E-state index is 0.400. The lowest BCUT2D eigenvalue weighted by Crippen LogP contribution is -2.15. The van der Waals surface area contributed by atoms with Crippen molar-refractivity contribution in [2.24, 2.45) is 5.84 Å². The van der Waals surface area contributed by atoms with Crippen LogP contribution in [0.1, 0.15) is 24.8 Å². The molecule has 1 aliphatic heterocycles. The zero-order valence-corrected chi connectivity index (χ0v) is 10.1. The molecule has 1 unspecified atom stereocenters. The van der Waals surface area contributed by atoms with E-state index in [0.29, 0.717) is 12.1 Å². The fourth-order valence-corrected chi connectivity index (χ4v) is 1.91. The molecule has 94 valence electrons. The summed E-state index contributed by atoms with van der Waals surface area (Å²) < 4.78 is 5.56. The fourth-order valence-electron chi connectivity index (χ4n) is 1.91. The first-order valence-corrected chi connectivity index (χ1v) is 5.95. The van der Waals surface area contributed by atoms with E-state index in [1.54, 1.807) is 6.20 Å². The van der Waals surface area contributed by atoms with Gasteiger partial charge in [-0.3, -0.25) is 5.43 Å². The first-order valence-electron chi connectivity index (χ1n) is 5.95. The summed E-state index contributed by atoms with van der Waals surface area (Å²) in [6.07, 6.45) is 5.50. The molecule has 0 amide bonds. The predicted octanol–water partition coefficient (Wildman–Crippen LogP) is 1.05. The molecule has 6 nitrogen and oxygen atoms in total. The fraction of sp³-hybridized carbons (Fsp3) is 0.636. The molecule has 2 rings (SSSR count). The molecule has 0 aromatic carbocycles. The third kappa shape index (κ3) is 3.28. The number of nitrogens with one attached hydrogen (secondary N) is 2. The molecule has 17 heavy (non-hydrogen) atoms. The Morgan fingerprint density at radius 1 is 1.59 bits per heavy atom. The molecule has 1 atom stereocenters. The SMILES string of the molecule is Cc1cnc(NN)nc1NCCC1CCCO1. The molecule has 1 saturated heterocycles. The Labute approximate surface area is 101 Å². The number of nitrogen functional groups attached to an aromatic ring is 1. The van der Waals surface area contributed by atoms with Gasteiger partial charge in [-0.2, -0.15) is 4.98 Å². The maximum atomic E-state index is 5.56. The number of hydrogen-bond donors (Lipinski definition) is 3. The van der Waals surface area contributed by atoms with Crippen LogP contribution in [-0.2, 0) is 4.74 Å². The predicted molar refractivity (Wildman–Crippen MR) is 66.7 cm³/mol. The van der Waals surface area contributed by atoms with Crippen molar-refractivity contribution in [2.75, 3.05) is 23.9 Å². The monoisotopic (exact) mass is 237 g/mol. The molecule has 1 aliphatic rings. The molecule has 1 aromatic rings. The summed E-state index contributed by atoms with van der Waals surface area (Å²) in [4.78, 5) is 8.29. The van der Waals surface area contributed by atoms with Gasteiger partial charge in [0.2, 0.25) is 5.95 Å². The van der Waals surface area contributed by atoms with Crippen LogP contribution in [0.15, 0.2) is 6.20 Å². The molecular formula is C11H19N5O. The number of aryl methyl sites for hydroxylation is 1. The number of ether oxygens (including phenoxy) is 1. The summed E-state index contributed by atoms with van der Waals surface area (Å²) in [6.45, 7) is 3.72. The van der Waals surface area contributed by atoms with Gasteiger partial charge in [-0.15, -0.1) is 0 Å². The van der Waals surface area contributed by atoms with Crippen LogP contribution in [0, 0.1) is 6.92 Å². The highest BCUT2D eigenvalue weighted by molar-refractivity contribution is 5.45. The third-order valence-electron chi connectivity index (χ3n) is 2.88. The second-order valence-corrected chi connectivity index (χ2v) is 4.22. The van der Waals surface area contributed by atoms with Gasteiger partial charge in [0, 0.05) is 24.9 Å². The number of hydrogen-bond acceptors (Lipinski definition) is 6. The molecule has 1 aromatic heterocycles. The first kappa shape index (κ1) is 12.1. The summed E-state index contributed by atoms with van der Waals surface area (Å²) in [5.74, 6) is 6.53. The number of hydrazine groups is 1. The van der Waals surface area contributed by atoms with Gasteiger partial charge in [-0.1, -0.05) is 0 Å². The number of nitrogens with two attached hydrogens (primary N) is 1. The van der Waals surface area contributed by atoms with E-state index in [9.17, 15) is 0 Å². The number of aromatic nitrogens is 2. The topological polar surface area (TPSA) is 85.1 Å². The summed E-state index contributed by atoms with van der Waals surface area (Å²) in [7, 11) is 0. The zero-order valence-electron chi connectivity index (χ0n) is 10.1. The molecule has 1 fully saturated rings. The second kappa shape index (κ2) is 5.79. The van der Waals surface area contributed by atoms with Crippen molar-refractivity contribution >= 4 is 11.8 Å². The Morgan fingerprint density at radius 2 is 2.47 bits per heavy atom. The minimum Gasteiger partial charge on any atom is -0.378 e. The van der Waals surface area contributed by atoms with E-state index in [1.165, 1.54) is 12.8 Å². The first-order chi connectivity index (χ1) is 8.29. The lowest BCUT2D eigenvalue weighted by molar-refractivity contribution is 0.107. The Hall–Kier alpha value is -1.40. The Kier molecular flexibility index (Phi) is 4.11. The van der Waals surface area contributed by atoms with E-state index in [1.807, 2.05) is 6.92 Å². The number of nitrogens with zero attached hydrogens (tertiary/aromatic N) is 2. The highest BCUT2D eigenvalue weighted by atomic mass is 16.5. The highest BCUT2D eigenvalue weighted by Gasteiger charge is 2.14. The Morgan fingerprint density at radius 3 is 3.18 bits per heavy atom. The summed E-state index contributed by atoms with van der Waals surface area (Å²) in [5, 5.41) is 3.29. The normalized spacial score (nSPS) is 19.3. The van der Waals surface area contributed by atoms with E-state index in [0.717, 1.165) is 31.0 Å². The average molecular weight is 237 g/mol. The van der Waals surface area contributed by atoms with Crippen LogP contribution in [-0.4, -0.2) is 29.2 Å². The molecule has 0 radical (unpaired) electrons. The van der Waals surface area contributed by atoms with Crippen LogP contribution in [0.3, 0.4) is 0 Å². The lowest BCUT2D eigenvalue weighted by atomic mass is 10.2. The van der Waals surface area contributed by atoms with Crippen molar-refractivity contribution in [1.29, 1.82) is 0 Å². The lowest BCUT2D eigenvalue weighted by Gasteiger charge is -2.12. The molecule has 6 heteroatoms. The summed E-state index contributed by atoms with van der Waals surface area (Å²) in [6, 6.07) is 0.